The highest BCUT2D eigenvalue weighted by Crippen LogP contribution is 2.35. The van der Waals surface area contributed by atoms with Gasteiger partial charge in [0.25, 0.3) is 5.88 Å². The summed E-state index contributed by atoms with van der Waals surface area (Å²) in [7, 11) is 1.12. The van der Waals surface area contributed by atoms with Crippen molar-refractivity contribution >= 4 is 5.97 Å². The van der Waals surface area contributed by atoms with Gasteiger partial charge in [0, 0.05) is 6.20 Å². The number of carbonyl (C=O) groups excluding carboxylic acids is 1. The third-order valence-corrected chi connectivity index (χ3v) is 2.08. The largest absolute Gasteiger partial charge is 0.573 e. The Labute approximate surface area is 107 Å². The van der Waals surface area contributed by atoms with E-state index >= 15 is 0 Å². The van der Waals surface area contributed by atoms with Crippen molar-refractivity contribution in [3.63, 3.8) is 0 Å². The van der Waals surface area contributed by atoms with Crippen molar-refractivity contribution < 1.29 is 32.2 Å². The number of aryl methyl sites for hydroxylation is 1. The second-order valence-corrected chi connectivity index (χ2v) is 3.42. The maximum absolute atomic E-state index is 12.4. The molecule has 1 aromatic heterocycles. The minimum Gasteiger partial charge on any atom is -0.478 e. The highest BCUT2D eigenvalue weighted by molar-refractivity contribution is 5.94. The maximum atomic E-state index is 12.4. The summed E-state index contributed by atoms with van der Waals surface area (Å²) in [4.78, 5) is 15.3. The molecule has 0 bridgehead atoms. The van der Waals surface area contributed by atoms with Crippen LogP contribution in [0.5, 0.6) is 11.6 Å². The summed E-state index contributed by atoms with van der Waals surface area (Å²) in [5.74, 6) is -2.17. The van der Waals surface area contributed by atoms with Gasteiger partial charge in [0.15, 0.2) is 0 Å². The number of halogens is 3. The second kappa shape index (κ2) is 5.77. The fourth-order valence-corrected chi connectivity index (χ4v) is 1.38. The van der Waals surface area contributed by atoms with Gasteiger partial charge in [-0.3, -0.25) is 0 Å². The first kappa shape index (κ1) is 15.1. The van der Waals surface area contributed by atoms with Gasteiger partial charge in [-0.1, -0.05) is 0 Å². The first-order valence-electron chi connectivity index (χ1n) is 5.26. The van der Waals surface area contributed by atoms with Crippen molar-refractivity contribution in [1.29, 1.82) is 0 Å². The molecule has 0 N–H and O–H groups in total. The highest BCUT2D eigenvalue weighted by atomic mass is 19.4. The first-order valence-corrected chi connectivity index (χ1v) is 5.26. The zero-order valence-electron chi connectivity index (χ0n) is 10.5. The van der Waals surface area contributed by atoms with Gasteiger partial charge in [0.1, 0.15) is 5.56 Å². The zero-order valence-corrected chi connectivity index (χ0v) is 10.5. The fraction of sp³-hybridized carbons (Fsp3) is 0.455. The number of rotatable bonds is 4. The number of alkyl halides is 3. The van der Waals surface area contributed by atoms with Crippen molar-refractivity contribution in [2.24, 2.45) is 0 Å². The minimum atomic E-state index is -4.97. The molecule has 8 heteroatoms. The topological polar surface area (TPSA) is 57.7 Å². The van der Waals surface area contributed by atoms with E-state index in [1.807, 2.05) is 0 Å². The van der Waals surface area contributed by atoms with Gasteiger partial charge < -0.3 is 14.2 Å². The highest BCUT2D eigenvalue weighted by Gasteiger charge is 2.36. The summed E-state index contributed by atoms with van der Waals surface area (Å²) in [6.07, 6.45) is -3.77. The van der Waals surface area contributed by atoms with Crippen molar-refractivity contribution in [1.82, 2.24) is 4.98 Å². The number of hydrogen-bond donors (Lipinski definition) is 0. The molecule has 0 aliphatic heterocycles. The van der Waals surface area contributed by atoms with Crippen LogP contribution in [0.15, 0.2) is 6.20 Å². The van der Waals surface area contributed by atoms with E-state index in [0.29, 0.717) is 0 Å². The van der Waals surface area contributed by atoms with Crippen LogP contribution in [0, 0.1) is 6.92 Å². The molecule has 0 saturated carbocycles. The Kier molecular flexibility index (Phi) is 4.57. The normalized spacial score (nSPS) is 11.1. The van der Waals surface area contributed by atoms with Gasteiger partial charge in [-0.15, -0.1) is 13.2 Å². The summed E-state index contributed by atoms with van der Waals surface area (Å²) < 4.78 is 50.3. The molecule has 0 fully saturated rings. The molecule has 1 rings (SSSR count). The number of aromatic nitrogens is 1. The van der Waals surface area contributed by atoms with Gasteiger partial charge in [-0.2, -0.15) is 0 Å². The number of hydrogen-bond acceptors (Lipinski definition) is 5. The minimum absolute atomic E-state index is 0.0222. The van der Waals surface area contributed by atoms with Crippen molar-refractivity contribution in [3.05, 3.63) is 17.3 Å². The van der Waals surface area contributed by atoms with Crippen LogP contribution in [0.25, 0.3) is 0 Å². The summed E-state index contributed by atoms with van der Waals surface area (Å²) in [5.41, 5.74) is -0.162. The molecule has 1 aromatic rings. The monoisotopic (exact) mass is 279 g/mol. The second-order valence-electron chi connectivity index (χ2n) is 3.42. The molecule has 0 unspecified atom stereocenters. The molecule has 0 aromatic carbocycles. The molecule has 0 spiro atoms. The molecular formula is C11H12F3NO4. The predicted octanol–water partition coefficient (Wildman–Crippen LogP) is 2.47. The van der Waals surface area contributed by atoms with Crippen molar-refractivity contribution in [2.75, 3.05) is 13.7 Å². The van der Waals surface area contributed by atoms with Crippen LogP contribution in [-0.4, -0.2) is 31.0 Å². The Morgan fingerprint density at radius 3 is 2.53 bits per heavy atom. The smallest absolute Gasteiger partial charge is 0.478 e. The third kappa shape index (κ3) is 3.73. The van der Waals surface area contributed by atoms with Crippen LogP contribution in [0.4, 0.5) is 13.2 Å². The number of ether oxygens (including phenoxy) is 3. The Morgan fingerprint density at radius 2 is 2.05 bits per heavy atom. The Morgan fingerprint density at radius 1 is 1.42 bits per heavy atom. The lowest BCUT2D eigenvalue weighted by molar-refractivity contribution is -0.275. The van der Waals surface area contributed by atoms with Crippen LogP contribution in [0.3, 0.4) is 0 Å². The number of methoxy groups -OCH3 is 1. The van der Waals surface area contributed by atoms with Crippen LogP contribution in [0.2, 0.25) is 0 Å². The molecule has 19 heavy (non-hydrogen) atoms. The molecule has 0 amide bonds. The van der Waals surface area contributed by atoms with Gasteiger partial charge in [0.2, 0.25) is 5.75 Å². The fourth-order valence-electron chi connectivity index (χ4n) is 1.38. The van der Waals surface area contributed by atoms with E-state index in [2.05, 4.69) is 14.5 Å². The SMILES string of the molecule is CCOC(=O)c1c(C)cnc(OC)c1OC(F)(F)F. The van der Waals surface area contributed by atoms with Crippen molar-refractivity contribution in [2.45, 2.75) is 20.2 Å². The Hall–Kier alpha value is -1.99. The standard InChI is InChI=1S/C11H12F3NO4/c1-4-18-10(16)7-6(2)5-15-9(17-3)8(7)19-11(12,13)14/h5H,4H2,1-3H3. The third-order valence-electron chi connectivity index (χ3n) is 2.08. The zero-order chi connectivity index (χ0) is 14.6. The lowest BCUT2D eigenvalue weighted by Crippen LogP contribution is -2.21. The van der Waals surface area contributed by atoms with Gasteiger partial charge in [-0.05, 0) is 19.4 Å². The van der Waals surface area contributed by atoms with E-state index in [1.165, 1.54) is 20.0 Å². The molecule has 0 radical (unpaired) electrons. The molecule has 0 atom stereocenters. The Bertz CT molecular complexity index is 474. The van der Waals surface area contributed by atoms with Crippen LogP contribution in [-0.2, 0) is 4.74 Å². The summed E-state index contributed by atoms with van der Waals surface area (Å²) >= 11 is 0. The van der Waals surface area contributed by atoms with Gasteiger partial charge >= 0.3 is 12.3 Å². The van der Waals surface area contributed by atoms with Crippen LogP contribution >= 0.6 is 0 Å². The lowest BCUT2D eigenvalue weighted by Gasteiger charge is -2.16. The van der Waals surface area contributed by atoms with Crippen molar-refractivity contribution in [3.8, 4) is 11.6 Å². The van der Waals surface area contributed by atoms with Gasteiger partial charge in [0.05, 0.1) is 13.7 Å². The average molecular weight is 279 g/mol. The van der Waals surface area contributed by atoms with E-state index in [4.69, 9.17) is 4.74 Å². The number of esters is 1. The van der Waals surface area contributed by atoms with E-state index in [1.54, 1.807) is 0 Å². The molecule has 106 valence electrons. The maximum Gasteiger partial charge on any atom is 0.573 e. The molecule has 0 aliphatic carbocycles. The van der Waals surface area contributed by atoms with Crippen LogP contribution < -0.4 is 9.47 Å². The van der Waals surface area contributed by atoms with Crippen LogP contribution in [0.1, 0.15) is 22.8 Å². The lowest BCUT2D eigenvalue weighted by atomic mass is 10.1. The van der Waals surface area contributed by atoms with E-state index in [-0.39, 0.29) is 17.7 Å². The summed E-state index contributed by atoms with van der Waals surface area (Å²) in [6, 6.07) is 0. The first-order chi connectivity index (χ1) is 8.80. The summed E-state index contributed by atoms with van der Waals surface area (Å²) in [5, 5.41) is 0. The van der Waals surface area contributed by atoms with Gasteiger partial charge in [-0.25, -0.2) is 9.78 Å². The summed E-state index contributed by atoms with van der Waals surface area (Å²) in [6.45, 7) is 2.98. The van der Waals surface area contributed by atoms with E-state index in [0.717, 1.165) is 7.11 Å². The number of carbonyl (C=O) groups is 1. The molecule has 5 nitrogen and oxygen atoms in total. The molecule has 1 heterocycles. The molecule has 0 aliphatic rings. The average Bonchev–Trinajstić information content (AvgIpc) is 2.27. The number of nitrogens with zero attached hydrogens (tertiary/aromatic N) is 1. The van der Waals surface area contributed by atoms with E-state index in [9.17, 15) is 18.0 Å². The quantitative estimate of drug-likeness (QED) is 0.792. The Balaban J connectivity index is 3.36. The van der Waals surface area contributed by atoms with E-state index < -0.39 is 24.0 Å². The number of pyridine rings is 1. The molecular weight excluding hydrogens is 267 g/mol. The molecule has 0 saturated heterocycles. The predicted molar refractivity (Wildman–Crippen MR) is 58.2 cm³/mol.